The molecule has 0 aromatic heterocycles. The molecule has 0 bridgehead atoms. The molecule has 0 unspecified atom stereocenters. The van der Waals surface area contributed by atoms with Gasteiger partial charge >= 0.3 is 0 Å². The Labute approximate surface area is 135 Å². The maximum atomic E-state index is 11.6. The molecular weight excluding hydrogens is 300 g/mol. The molecule has 0 radical (unpaired) electrons. The van der Waals surface area contributed by atoms with Crippen LogP contribution in [0.15, 0.2) is 9.59 Å². The summed E-state index contributed by atoms with van der Waals surface area (Å²) in [6.45, 7) is 5.07. The molecule has 1 fully saturated rings. The van der Waals surface area contributed by atoms with E-state index in [-0.39, 0.29) is 12.2 Å². The van der Waals surface area contributed by atoms with Gasteiger partial charge in [0, 0.05) is 39.3 Å². The number of rotatable bonds is 9. The Bertz CT molecular complexity index is 562. The first-order valence-corrected chi connectivity index (χ1v) is 7.93. The van der Waals surface area contributed by atoms with Gasteiger partial charge in [0.15, 0.2) is 0 Å². The number of morpholine rings is 1. The zero-order chi connectivity index (χ0) is 16.8. The second-order valence-electron chi connectivity index (χ2n) is 6.09. The molecule has 3 N–H and O–H groups in total. The van der Waals surface area contributed by atoms with Crippen molar-refractivity contribution >= 4 is 11.4 Å². The zero-order valence-electron chi connectivity index (χ0n) is 13.8. The summed E-state index contributed by atoms with van der Waals surface area (Å²) in [5.74, 6) is 0. The van der Waals surface area contributed by atoms with E-state index in [1.165, 1.54) is 0 Å². The lowest BCUT2D eigenvalue weighted by atomic mass is 10.1. The van der Waals surface area contributed by atoms with E-state index < -0.39 is 17.0 Å². The largest absolute Gasteiger partial charge is 0.390 e. The summed E-state index contributed by atoms with van der Waals surface area (Å²) in [4.78, 5) is 27.3. The molecule has 2 rings (SSSR count). The molecule has 0 aliphatic carbocycles. The zero-order valence-corrected chi connectivity index (χ0v) is 13.8. The first-order chi connectivity index (χ1) is 11.0. The van der Waals surface area contributed by atoms with E-state index >= 15 is 0 Å². The van der Waals surface area contributed by atoms with Crippen molar-refractivity contribution in [1.82, 2.24) is 9.80 Å². The number of nitrogens with zero attached hydrogens (tertiary/aromatic N) is 2. The van der Waals surface area contributed by atoms with E-state index in [0.717, 1.165) is 19.6 Å². The van der Waals surface area contributed by atoms with Crippen molar-refractivity contribution in [1.29, 1.82) is 0 Å². The van der Waals surface area contributed by atoms with Crippen molar-refractivity contribution in [3.8, 4) is 0 Å². The van der Waals surface area contributed by atoms with Crippen molar-refractivity contribution in [2.24, 2.45) is 0 Å². The molecule has 0 amide bonds. The number of likely N-dealkylation sites (N-methyl/N-ethyl adjacent to an activating group) is 1. The summed E-state index contributed by atoms with van der Waals surface area (Å²) in [6, 6.07) is 0. The van der Waals surface area contributed by atoms with Crippen LogP contribution in [0.25, 0.3) is 0 Å². The molecule has 1 aliphatic rings. The molecule has 23 heavy (non-hydrogen) atoms. The highest BCUT2D eigenvalue weighted by Gasteiger charge is 2.22. The van der Waals surface area contributed by atoms with Gasteiger partial charge in [0.05, 0.1) is 19.3 Å². The Morgan fingerprint density at radius 2 is 1.78 bits per heavy atom. The van der Waals surface area contributed by atoms with Crippen LogP contribution in [0.4, 0.5) is 11.4 Å². The van der Waals surface area contributed by atoms with Gasteiger partial charge in [0.25, 0.3) is 10.9 Å². The summed E-state index contributed by atoms with van der Waals surface area (Å²) in [7, 11) is 3.87. The lowest BCUT2D eigenvalue weighted by molar-refractivity contribution is 0.0171. The lowest BCUT2D eigenvalue weighted by Crippen LogP contribution is -2.44. The number of hydrogen-bond acceptors (Lipinski definition) is 8. The van der Waals surface area contributed by atoms with Crippen molar-refractivity contribution in [2.45, 2.75) is 6.10 Å². The van der Waals surface area contributed by atoms with Gasteiger partial charge in [0.2, 0.25) is 0 Å². The Hall–Kier alpha value is -1.48. The maximum Gasteiger partial charge on any atom is 0.253 e. The third-order valence-electron chi connectivity index (χ3n) is 3.86. The Kier molecular flexibility index (Phi) is 6.52. The van der Waals surface area contributed by atoms with Crippen LogP contribution in [-0.4, -0.2) is 87.6 Å². The van der Waals surface area contributed by atoms with Gasteiger partial charge in [-0.1, -0.05) is 0 Å². The Morgan fingerprint density at radius 1 is 1.17 bits per heavy atom. The van der Waals surface area contributed by atoms with Crippen molar-refractivity contribution in [2.75, 3.05) is 77.2 Å². The highest BCUT2D eigenvalue weighted by molar-refractivity contribution is 5.73. The Morgan fingerprint density at radius 3 is 2.39 bits per heavy atom. The highest BCUT2D eigenvalue weighted by atomic mass is 16.5. The number of aliphatic hydroxyl groups excluding tert-OH is 1. The van der Waals surface area contributed by atoms with Crippen LogP contribution in [0.2, 0.25) is 0 Å². The van der Waals surface area contributed by atoms with Gasteiger partial charge < -0.3 is 25.4 Å². The average Bonchev–Trinajstić information content (AvgIpc) is 2.53. The van der Waals surface area contributed by atoms with Crippen LogP contribution in [-0.2, 0) is 4.74 Å². The van der Waals surface area contributed by atoms with E-state index in [1.54, 1.807) is 0 Å². The van der Waals surface area contributed by atoms with Crippen molar-refractivity contribution < 1.29 is 9.84 Å². The lowest BCUT2D eigenvalue weighted by Gasteiger charge is -2.28. The molecule has 0 saturated carbocycles. The standard InChI is InChI=1S/C15H26N4O4/c1-18(2)4-3-16-12-13(15(22)14(12)21)17-9-11(20)10-19-5-7-23-8-6-19/h11,16-17,20H,3-10H2,1-2H3/t11-/m1/s1. The number of hydrogen-bond donors (Lipinski definition) is 3. The van der Waals surface area contributed by atoms with Gasteiger partial charge in [-0.15, -0.1) is 0 Å². The van der Waals surface area contributed by atoms with Crippen LogP contribution in [0, 0.1) is 0 Å². The van der Waals surface area contributed by atoms with Crippen LogP contribution >= 0.6 is 0 Å². The molecule has 8 nitrogen and oxygen atoms in total. The fourth-order valence-electron chi connectivity index (χ4n) is 2.50. The molecule has 1 aliphatic heterocycles. The molecule has 1 aromatic rings. The fourth-order valence-corrected chi connectivity index (χ4v) is 2.50. The van der Waals surface area contributed by atoms with E-state index in [4.69, 9.17) is 4.74 Å². The predicted octanol–water partition coefficient (Wildman–Crippen LogP) is -1.64. The minimum absolute atomic E-state index is 0.241. The smallest absolute Gasteiger partial charge is 0.253 e. The van der Waals surface area contributed by atoms with Gasteiger partial charge in [0.1, 0.15) is 11.4 Å². The number of anilines is 2. The topological polar surface area (TPSA) is 94.1 Å². The van der Waals surface area contributed by atoms with Crippen LogP contribution in [0.5, 0.6) is 0 Å². The number of β-amino-alcohol motifs (C(OH)–C–C–N with tert-alkyl or cyclic N) is 1. The summed E-state index contributed by atoms with van der Waals surface area (Å²) >= 11 is 0. The monoisotopic (exact) mass is 326 g/mol. The van der Waals surface area contributed by atoms with E-state index in [9.17, 15) is 14.7 Å². The molecule has 1 saturated heterocycles. The van der Waals surface area contributed by atoms with Crippen molar-refractivity contribution in [3.05, 3.63) is 20.4 Å². The third kappa shape index (κ3) is 5.00. The number of nitrogens with one attached hydrogen (secondary N) is 2. The van der Waals surface area contributed by atoms with Crippen LogP contribution in [0.1, 0.15) is 0 Å². The maximum absolute atomic E-state index is 11.6. The summed E-state index contributed by atoms with van der Waals surface area (Å²) in [5.41, 5.74) is -0.393. The number of ether oxygens (including phenoxy) is 1. The Balaban J connectivity index is 1.79. The fraction of sp³-hybridized carbons (Fsp3) is 0.733. The summed E-state index contributed by atoms with van der Waals surface area (Å²) in [5, 5.41) is 16.0. The van der Waals surface area contributed by atoms with E-state index in [1.807, 2.05) is 19.0 Å². The molecule has 1 atom stereocenters. The molecule has 130 valence electrons. The van der Waals surface area contributed by atoms with Crippen LogP contribution < -0.4 is 21.5 Å². The average molecular weight is 326 g/mol. The summed E-state index contributed by atoms with van der Waals surface area (Å²) < 4.78 is 5.26. The minimum atomic E-state index is -0.605. The van der Waals surface area contributed by atoms with E-state index in [0.29, 0.717) is 32.0 Å². The van der Waals surface area contributed by atoms with E-state index in [2.05, 4.69) is 15.5 Å². The predicted molar refractivity (Wildman–Crippen MR) is 90.2 cm³/mol. The molecule has 8 heteroatoms. The van der Waals surface area contributed by atoms with Crippen LogP contribution in [0.3, 0.4) is 0 Å². The first-order valence-electron chi connectivity index (χ1n) is 7.93. The highest BCUT2D eigenvalue weighted by Crippen LogP contribution is 2.14. The first kappa shape index (κ1) is 17.9. The van der Waals surface area contributed by atoms with Gasteiger partial charge in [-0.05, 0) is 14.1 Å². The van der Waals surface area contributed by atoms with Crippen molar-refractivity contribution in [3.63, 3.8) is 0 Å². The molecule has 1 aromatic carbocycles. The SMILES string of the molecule is CN(C)CCNc1c(NC[C@@H](O)CN2CCOCC2)c(=O)c1=O. The second-order valence-corrected chi connectivity index (χ2v) is 6.09. The normalized spacial score (nSPS) is 17.6. The van der Waals surface area contributed by atoms with Gasteiger partial charge in [-0.2, -0.15) is 0 Å². The summed E-state index contributed by atoms with van der Waals surface area (Å²) in [6.07, 6.45) is -0.605. The number of aliphatic hydroxyl groups is 1. The van der Waals surface area contributed by atoms with Gasteiger partial charge in [-0.25, -0.2) is 0 Å². The quantitative estimate of drug-likeness (QED) is 0.465. The molecule has 1 heterocycles. The second kappa shape index (κ2) is 8.39. The minimum Gasteiger partial charge on any atom is -0.390 e. The third-order valence-corrected chi connectivity index (χ3v) is 3.86. The molecular formula is C15H26N4O4. The van der Waals surface area contributed by atoms with Gasteiger partial charge in [-0.3, -0.25) is 14.5 Å². The molecule has 0 spiro atoms.